The summed E-state index contributed by atoms with van der Waals surface area (Å²) in [6.07, 6.45) is -1.33. The molecule has 2 heterocycles. The molecule has 2 rings (SSSR count). The summed E-state index contributed by atoms with van der Waals surface area (Å²) in [4.78, 5) is 22.2. The maximum Gasteiger partial charge on any atom is 0.424 e. The van der Waals surface area contributed by atoms with Crippen LogP contribution in [0.15, 0.2) is 0 Å². The molecule has 0 bridgehead atoms. The highest BCUT2D eigenvalue weighted by Crippen LogP contribution is 2.27. The number of nitrogens with zero attached hydrogens (tertiary/aromatic N) is 2. The van der Waals surface area contributed by atoms with Crippen molar-refractivity contribution in [1.82, 2.24) is 20.4 Å². The molecule has 4 N–H and O–H groups in total. The Kier molecular flexibility index (Phi) is 3.20. The molecule has 0 saturated carbocycles. The highest BCUT2D eigenvalue weighted by Gasteiger charge is 2.33. The zero-order valence-electron chi connectivity index (χ0n) is 8.79. The van der Waals surface area contributed by atoms with Gasteiger partial charge in [0.05, 0.1) is 13.1 Å². The monoisotopic (exact) mass is 265 g/mol. The van der Waals surface area contributed by atoms with Crippen molar-refractivity contribution in [3.05, 3.63) is 0 Å². The van der Waals surface area contributed by atoms with Crippen LogP contribution in [0, 0.1) is 0 Å². The van der Waals surface area contributed by atoms with Crippen LogP contribution >= 0.6 is 7.59 Å². The molecule has 2 aliphatic rings. The van der Waals surface area contributed by atoms with Crippen molar-refractivity contribution in [3.8, 4) is 0 Å². The van der Waals surface area contributed by atoms with Gasteiger partial charge in [-0.15, -0.1) is 10.4 Å². The quantitative estimate of drug-likeness (QED) is 0.550. The highest BCUT2D eigenvalue weighted by atomic mass is 31.2. The van der Waals surface area contributed by atoms with Crippen LogP contribution in [0.1, 0.15) is 0 Å². The van der Waals surface area contributed by atoms with E-state index < -0.39 is 19.8 Å². The number of carbonyl (C=O) groups excluding carboxylic acids is 2. The van der Waals surface area contributed by atoms with Crippen molar-refractivity contribution in [3.63, 3.8) is 0 Å². The minimum absolute atomic E-state index is 0.192. The standard InChI is InChI=1S/C6H12N5O5P/c7-17(14,8-10-1-3-15-5(10)12)9-11-2-4-16-6(11)13/h1-4H2,(H4,7,8,9,14). The highest BCUT2D eigenvalue weighted by molar-refractivity contribution is 7.57. The van der Waals surface area contributed by atoms with Crippen molar-refractivity contribution in [2.24, 2.45) is 5.50 Å². The lowest BCUT2D eigenvalue weighted by atomic mass is 10.7. The molecular weight excluding hydrogens is 253 g/mol. The Morgan fingerprint density at radius 2 is 1.47 bits per heavy atom. The van der Waals surface area contributed by atoms with Gasteiger partial charge in [-0.1, -0.05) is 0 Å². The minimum Gasteiger partial charge on any atom is -0.447 e. The maximum atomic E-state index is 11.9. The fourth-order valence-corrected chi connectivity index (χ4v) is 2.47. The lowest BCUT2D eigenvalue weighted by molar-refractivity contribution is 0.150. The van der Waals surface area contributed by atoms with Gasteiger partial charge in [0.1, 0.15) is 13.2 Å². The first-order chi connectivity index (χ1) is 7.98. The number of hydrogen-bond donors (Lipinski definition) is 3. The van der Waals surface area contributed by atoms with E-state index >= 15 is 0 Å². The minimum atomic E-state index is -3.62. The van der Waals surface area contributed by atoms with Gasteiger partial charge in [0.2, 0.25) is 0 Å². The average Bonchev–Trinajstić information content (AvgIpc) is 2.78. The molecule has 2 aliphatic heterocycles. The molecule has 2 fully saturated rings. The molecule has 10 nitrogen and oxygen atoms in total. The van der Waals surface area contributed by atoms with Crippen LogP contribution in [0.25, 0.3) is 0 Å². The Morgan fingerprint density at radius 3 is 1.76 bits per heavy atom. The van der Waals surface area contributed by atoms with E-state index in [0.29, 0.717) is 0 Å². The van der Waals surface area contributed by atoms with E-state index in [2.05, 4.69) is 19.9 Å². The maximum absolute atomic E-state index is 11.9. The van der Waals surface area contributed by atoms with Crippen molar-refractivity contribution >= 4 is 19.8 Å². The predicted octanol–water partition coefficient (Wildman–Crippen LogP) is -1.03. The summed E-state index contributed by atoms with van der Waals surface area (Å²) in [6, 6.07) is 0. The Morgan fingerprint density at radius 1 is 1.06 bits per heavy atom. The van der Waals surface area contributed by atoms with E-state index in [0.717, 1.165) is 10.0 Å². The number of cyclic esters (lactones) is 2. The third kappa shape index (κ3) is 2.86. The Hall–Kier alpha value is -1.35. The number of amides is 2. The van der Waals surface area contributed by atoms with E-state index in [1.165, 1.54) is 0 Å². The van der Waals surface area contributed by atoms with Crippen molar-refractivity contribution in [2.75, 3.05) is 26.3 Å². The lowest BCUT2D eigenvalue weighted by Gasteiger charge is -2.24. The lowest BCUT2D eigenvalue weighted by Crippen LogP contribution is -2.47. The summed E-state index contributed by atoms with van der Waals surface area (Å²) in [7, 11) is -3.62. The number of hydrogen-bond acceptors (Lipinski definition) is 5. The zero-order valence-corrected chi connectivity index (χ0v) is 9.68. The van der Waals surface area contributed by atoms with Crippen LogP contribution in [0.3, 0.4) is 0 Å². The first-order valence-electron chi connectivity index (χ1n) is 4.81. The molecule has 0 unspecified atom stereocenters. The van der Waals surface area contributed by atoms with E-state index in [1.54, 1.807) is 0 Å². The third-order valence-corrected chi connectivity index (χ3v) is 3.14. The second kappa shape index (κ2) is 4.49. The third-order valence-electron chi connectivity index (χ3n) is 2.06. The molecule has 2 amide bonds. The van der Waals surface area contributed by atoms with Crippen LogP contribution in [0.5, 0.6) is 0 Å². The number of hydrazine groups is 2. The smallest absolute Gasteiger partial charge is 0.424 e. The van der Waals surface area contributed by atoms with E-state index in [9.17, 15) is 14.2 Å². The second-order valence-corrected chi connectivity index (χ2v) is 5.11. The molecule has 0 atom stereocenters. The van der Waals surface area contributed by atoms with Crippen LogP contribution in [-0.4, -0.2) is 48.5 Å². The number of ether oxygens (including phenoxy) is 2. The van der Waals surface area contributed by atoms with Gasteiger partial charge in [0.15, 0.2) is 0 Å². The van der Waals surface area contributed by atoms with Gasteiger partial charge in [-0.3, -0.25) is 10.1 Å². The number of nitrogens with two attached hydrogens (primary N) is 1. The van der Waals surface area contributed by atoms with E-state index in [4.69, 9.17) is 5.50 Å². The summed E-state index contributed by atoms with van der Waals surface area (Å²) in [6.45, 7) is 0.841. The van der Waals surface area contributed by atoms with Crippen LogP contribution in [-0.2, 0) is 14.0 Å². The molecule has 17 heavy (non-hydrogen) atoms. The fourth-order valence-electron chi connectivity index (χ4n) is 1.35. The van der Waals surface area contributed by atoms with Gasteiger partial charge in [0, 0.05) is 0 Å². The van der Waals surface area contributed by atoms with E-state index in [1.807, 2.05) is 0 Å². The molecular formula is C6H12N5O5P. The van der Waals surface area contributed by atoms with Crippen LogP contribution < -0.4 is 15.9 Å². The molecule has 0 aromatic rings. The molecule has 0 aliphatic carbocycles. The summed E-state index contributed by atoms with van der Waals surface area (Å²) in [5, 5.41) is 6.53. The predicted molar refractivity (Wildman–Crippen MR) is 54.2 cm³/mol. The summed E-state index contributed by atoms with van der Waals surface area (Å²) in [5.74, 6) is 0. The molecule has 96 valence electrons. The van der Waals surface area contributed by atoms with Crippen molar-refractivity contribution < 1.29 is 23.6 Å². The number of rotatable bonds is 4. The first-order valence-corrected chi connectivity index (χ1v) is 6.58. The SMILES string of the molecule is NP(=O)(NN1CCOC1=O)NN1CCOC1=O. The average molecular weight is 265 g/mol. The van der Waals surface area contributed by atoms with Crippen LogP contribution in [0.2, 0.25) is 0 Å². The second-order valence-electron chi connectivity index (χ2n) is 3.39. The van der Waals surface area contributed by atoms with Gasteiger partial charge in [-0.05, 0) is 0 Å². The first kappa shape index (κ1) is 12.1. The normalized spacial score (nSPS) is 20.8. The Bertz CT molecular complexity index is 357. The number of nitrogens with one attached hydrogen (secondary N) is 2. The molecule has 0 aromatic carbocycles. The largest absolute Gasteiger partial charge is 0.447 e. The summed E-state index contributed by atoms with van der Waals surface area (Å²) in [5.41, 5.74) is 5.44. The molecule has 11 heteroatoms. The molecule has 0 radical (unpaired) electrons. The Balaban J connectivity index is 1.92. The van der Waals surface area contributed by atoms with Gasteiger partial charge < -0.3 is 9.47 Å². The van der Waals surface area contributed by atoms with Gasteiger partial charge in [0.25, 0.3) is 0 Å². The molecule has 0 aromatic heterocycles. The number of carbonyl (C=O) groups is 2. The van der Waals surface area contributed by atoms with Gasteiger partial charge in [-0.25, -0.2) is 19.6 Å². The van der Waals surface area contributed by atoms with E-state index in [-0.39, 0.29) is 26.3 Å². The summed E-state index contributed by atoms with van der Waals surface area (Å²) >= 11 is 0. The molecule has 2 saturated heterocycles. The van der Waals surface area contributed by atoms with Gasteiger partial charge >= 0.3 is 19.8 Å². The summed E-state index contributed by atoms with van der Waals surface area (Å²) < 4.78 is 21.1. The fraction of sp³-hybridized carbons (Fsp3) is 0.667. The van der Waals surface area contributed by atoms with Crippen LogP contribution in [0.4, 0.5) is 9.59 Å². The topological polar surface area (TPSA) is 126 Å². The Labute approximate surface area is 96.5 Å². The van der Waals surface area contributed by atoms with Crippen molar-refractivity contribution in [2.45, 2.75) is 0 Å². The van der Waals surface area contributed by atoms with Gasteiger partial charge in [-0.2, -0.15) is 0 Å². The zero-order chi connectivity index (χ0) is 12.5. The molecule has 0 spiro atoms. The van der Waals surface area contributed by atoms with Crippen molar-refractivity contribution in [1.29, 1.82) is 0 Å².